The molecule has 9 heteroatoms. The van der Waals surface area contributed by atoms with Crippen molar-refractivity contribution in [3.05, 3.63) is 66.9 Å². The molecule has 0 bridgehead atoms. The minimum atomic E-state index is -0.239. The molecule has 1 N–H and O–H groups in total. The zero-order chi connectivity index (χ0) is 20.8. The highest BCUT2D eigenvalue weighted by Crippen LogP contribution is 2.29. The van der Waals surface area contributed by atoms with Gasteiger partial charge in [0.25, 0.3) is 6.20 Å². The lowest BCUT2D eigenvalue weighted by molar-refractivity contribution is -0.759. The van der Waals surface area contributed by atoms with E-state index in [1.54, 1.807) is 10.9 Å². The molecule has 4 rings (SSSR count). The van der Waals surface area contributed by atoms with Crippen molar-refractivity contribution in [1.82, 2.24) is 20.5 Å². The van der Waals surface area contributed by atoms with Gasteiger partial charge in [-0.2, -0.15) is 0 Å². The van der Waals surface area contributed by atoms with Gasteiger partial charge in [0.2, 0.25) is 16.3 Å². The fourth-order valence-corrected chi connectivity index (χ4v) is 3.33. The van der Waals surface area contributed by atoms with Crippen LogP contribution in [0.2, 0.25) is 0 Å². The summed E-state index contributed by atoms with van der Waals surface area (Å²) in [6, 6.07) is 19.6. The van der Waals surface area contributed by atoms with Gasteiger partial charge in [0, 0.05) is 11.1 Å². The van der Waals surface area contributed by atoms with Crippen molar-refractivity contribution in [2.75, 3.05) is 11.1 Å². The van der Waals surface area contributed by atoms with E-state index in [1.165, 1.54) is 11.8 Å². The molecule has 2 heterocycles. The smallest absolute Gasteiger partial charge is 0.288 e. The van der Waals surface area contributed by atoms with Crippen LogP contribution in [0.1, 0.15) is 6.92 Å². The van der Waals surface area contributed by atoms with Gasteiger partial charge < -0.3 is 0 Å². The predicted molar refractivity (Wildman–Crippen MR) is 112 cm³/mol. The third-order valence-electron chi connectivity index (χ3n) is 4.19. The van der Waals surface area contributed by atoms with Crippen molar-refractivity contribution < 1.29 is 14.0 Å². The van der Waals surface area contributed by atoms with Crippen LogP contribution in [0.25, 0.3) is 22.5 Å². The van der Waals surface area contributed by atoms with Gasteiger partial charge in [-0.3, -0.25) is 14.6 Å². The highest BCUT2D eigenvalue weighted by Gasteiger charge is 2.16. The van der Waals surface area contributed by atoms with Crippen molar-refractivity contribution in [1.29, 1.82) is 0 Å². The second kappa shape index (κ2) is 9.27. The Morgan fingerprint density at radius 2 is 1.67 bits per heavy atom. The van der Waals surface area contributed by atoms with Crippen LogP contribution in [0, 0.1) is 0 Å². The number of aryl methyl sites for hydroxylation is 1. The summed E-state index contributed by atoms with van der Waals surface area (Å²) in [5.74, 6) is 0.176. The summed E-state index contributed by atoms with van der Waals surface area (Å²) < 4.78 is 6.64. The fourth-order valence-electron chi connectivity index (χ4n) is 2.75. The molecule has 0 saturated carbocycles. The van der Waals surface area contributed by atoms with Crippen molar-refractivity contribution in [3.63, 3.8) is 0 Å². The molecule has 2 aromatic heterocycles. The van der Waals surface area contributed by atoms with Crippen LogP contribution in [0.3, 0.4) is 0 Å². The molecule has 2 aromatic carbocycles. The highest BCUT2D eigenvalue weighted by atomic mass is 32.2. The van der Waals surface area contributed by atoms with Gasteiger partial charge in [0.15, 0.2) is 6.54 Å². The number of carbonyl (C=O) groups excluding carboxylic acids is 1. The van der Waals surface area contributed by atoms with Crippen molar-refractivity contribution in [2.24, 2.45) is 0 Å². The van der Waals surface area contributed by atoms with Gasteiger partial charge in [-0.1, -0.05) is 77.1 Å². The Balaban J connectivity index is 1.53. The first kappa shape index (κ1) is 19.7. The van der Waals surface area contributed by atoms with Gasteiger partial charge >= 0.3 is 5.88 Å². The molecule has 1 amide bonds. The van der Waals surface area contributed by atoms with E-state index in [0.29, 0.717) is 23.3 Å². The Kier molecular flexibility index (Phi) is 6.09. The first-order valence-corrected chi connectivity index (χ1v) is 10.4. The Morgan fingerprint density at radius 3 is 2.30 bits per heavy atom. The van der Waals surface area contributed by atoms with Crippen LogP contribution < -0.4 is 10.00 Å². The van der Waals surface area contributed by atoms with Crippen LogP contribution in [-0.2, 0) is 11.3 Å². The molecule has 150 valence electrons. The Labute approximate surface area is 177 Å². The molecule has 0 saturated heterocycles. The quantitative estimate of drug-likeness (QED) is 0.363. The molecular weight excluding hydrogens is 400 g/mol. The number of hydrogen-bond acceptors (Lipinski definition) is 7. The number of carbonyl (C=O) groups is 1. The maximum absolute atomic E-state index is 12.2. The minimum Gasteiger partial charge on any atom is -0.288 e. The van der Waals surface area contributed by atoms with E-state index in [1.807, 2.05) is 67.6 Å². The van der Waals surface area contributed by atoms with Crippen LogP contribution in [0.15, 0.2) is 76.5 Å². The number of nitrogens with zero attached hydrogens (tertiary/aromatic N) is 5. The number of thioether (sulfide) groups is 1. The number of nitrogens with one attached hydrogen (secondary N) is 1. The van der Waals surface area contributed by atoms with E-state index in [2.05, 4.69) is 25.8 Å². The highest BCUT2D eigenvalue weighted by molar-refractivity contribution is 7.99. The molecule has 0 unspecified atom stereocenters. The van der Waals surface area contributed by atoms with Crippen molar-refractivity contribution in [2.45, 2.75) is 18.6 Å². The van der Waals surface area contributed by atoms with Crippen LogP contribution in [0.4, 0.5) is 5.88 Å². The lowest BCUT2D eigenvalue weighted by Crippen LogP contribution is -2.32. The van der Waals surface area contributed by atoms with E-state index in [0.717, 1.165) is 16.8 Å². The number of anilines is 1. The molecule has 0 fully saturated rings. The second-order valence-electron chi connectivity index (χ2n) is 6.28. The predicted octanol–water partition coefficient (Wildman–Crippen LogP) is 3.23. The number of rotatable bonds is 7. The van der Waals surface area contributed by atoms with Crippen LogP contribution in [0.5, 0.6) is 0 Å². The topological polar surface area (TPSA) is 97.7 Å². The third kappa shape index (κ3) is 4.69. The lowest BCUT2D eigenvalue weighted by Gasteiger charge is -2.09. The SMILES string of the molecule is CC[n+]1cc(NC(=O)CSc2nnc(-c3ccccc3)c(-c3ccccc3)n2)on1. The summed E-state index contributed by atoms with van der Waals surface area (Å²) in [5.41, 5.74) is 3.28. The monoisotopic (exact) mass is 419 g/mol. The second-order valence-corrected chi connectivity index (χ2v) is 7.22. The number of benzene rings is 2. The molecule has 30 heavy (non-hydrogen) atoms. The fraction of sp³-hybridized carbons (Fsp3) is 0.143. The standard InChI is InChI=1S/C21H18N6O2S/c1-2-27-13-18(29-26-27)22-17(28)14-30-21-23-19(15-9-5-3-6-10-15)20(24-25-21)16-11-7-4-8-12-16/h3-13H,2,14H2,1H3/p+1. The third-order valence-corrected chi connectivity index (χ3v) is 5.03. The number of hydrogen-bond donors (Lipinski definition) is 1. The molecule has 0 radical (unpaired) electrons. The molecule has 8 nitrogen and oxygen atoms in total. The maximum Gasteiger partial charge on any atom is 0.302 e. The van der Waals surface area contributed by atoms with Crippen molar-refractivity contribution in [3.8, 4) is 22.5 Å². The zero-order valence-electron chi connectivity index (χ0n) is 16.2. The molecule has 0 aliphatic rings. The molecular formula is C21H19N6O2S+. The summed E-state index contributed by atoms with van der Waals surface area (Å²) in [4.78, 5) is 16.9. The average Bonchev–Trinajstić information content (AvgIpc) is 3.26. The van der Waals surface area contributed by atoms with E-state index in [-0.39, 0.29) is 11.7 Å². The minimum absolute atomic E-state index is 0.118. The summed E-state index contributed by atoms with van der Waals surface area (Å²) in [5, 5.41) is 15.5. The largest absolute Gasteiger partial charge is 0.302 e. The van der Waals surface area contributed by atoms with Gasteiger partial charge in [-0.05, 0) is 6.92 Å². The summed E-state index contributed by atoms with van der Waals surface area (Å²) >= 11 is 1.21. The van der Waals surface area contributed by atoms with Gasteiger partial charge in [-0.15, -0.1) is 10.2 Å². The first-order valence-electron chi connectivity index (χ1n) is 9.37. The van der Waals surface area contributed by atoms with E-state index in [9.17, 15) is 4.79 Å². The van der Waals surface area contributed by atoms with Gasteiger partial charge in [0.1, 0.15) is 11.4 Å². The first-order chi connectivity index (χ1) is 14.7. The van der Waals surface area contributed by atoms with E-state index < -0.39 is 0 Å². The zero-order valence-corrected chi connectivity index (χ0v) is 17.0. The number of aromatic nitrogens is 5. The number of amides is 1. The van der Waals surface area contributed by atoms with Crippen LogP contribution in [-0.4, -0.2) is 32.1 Å². The van der Waals surface area contributed by atoms with Gasteiger partial charge in [0.05, 0.1) is 5.75 Å². The lowest BCUT2D eigenvalue weighted by atomic mass is 10.0. The molecule has 0 aliphatic carbocycles. The van der Waals surface area contributed by atoms with Crippen molar-refractivity contribution >= 4 is 23.6 Å². The Hall–Kier alpha value is -3.59. The molecule has 0 aliphatic heterocycles. The average molecular weight is 419 g/mol. The summed E-state index contributed by atoms with van der Waals surface area (Å²) in [6.45, 7) is 2.58. The molecule has 4 aromatic rings. The summed E-state index contributed by atoms with van der Waals surface area (Å²) in [6.07, 6.45) is 1.63. The molecule has 0 atom stereocenters. The molecule has 0 spiro atoms. The van der Waals surface area contributed by atoms with E-state index in [4.69, 9.17) is 4.52 Å². The van der Waals surface area contributed by atoms with Gasteiger partial charge in [-0.25, -0.2) is 4.98 Å². The Bertz CT molecular complexity index is 1130. The maximum atomic E-state index is 12.2. The van der Waals surface area contributed by atoms with E-state index >= 15 is 0 Å². The Morgan fingerprint density at radius 1 is 1.00 bits per heavy atom. The van der Waals surface area contributed by atoms with Crippen LogP contribution >= 0.6 is 11.8 Å². The summed E-state index contributed by atoms with van der Waals surface area (Å²) in [7, 11) is 0. The normalized spacial score (nSPS) is 10.7.